The number of carboxylic acid groups (broad SMARTS) is 1. The summed E-state index contributed by atoms with van der Waals surface area (Å²) in [5, 5.41) is 17.0. The number of fused-ring (bicyclic) bond motifs is 2. The highest BCUT2D eigenvalue weighted by molar-refractivity contribution is 9.10. The summed E-state index contributed by atoms with van der Waals surface area (Å²) in [6, 6.07) is 9.40. The third-order valence-corrected chi connectivity index (χ3v) is 6.74. The lowest BCUT2D eigenvalue weighted by Crippen LogP contribution is -2.29. The first kappa shape index (κ1) is 23.4. The molecule has 3 heterocycles. The molecule has 174 valence electrons. The maximum Gasteiger partial charge on any atom is 0.326 e. The summed E-state index contributed by atoms with van der Waals surface area (Å²) in [5.74, 6) is 0.763. The van der Waals surface area contributed by atoms with Crippen molar-refractivity contribution in [1.29, 1.82) is 0 Å². The van der Waals surface area contributed by atoms with Crippen LogP contribution in [0.5, 0.6) is 0 Å². The highest BCUT2D eigenvalue weighted by Crippen LogP contribution is 2.26. The Balaban J connectivity index is 1.20. The first-order valence-electron chi connectivity index (χ1n) is 11.7. The lowest BCUT2D eigenvalue weighted by Gasteiger charge is -2.17. The molecular formula is C25H30BrN5O2. The van der Waals surface area contributed by atoms with E-state index in [-0.39, 0.29) is 0 Å². The Labute approximate surface area is 202 Å². The van der Waals surface area contributed by atoms with Gasteiger partial charge < -0.3 is 15.7 Å². The van der Waals surface area contributed by atoms with Gasteiger partial charge in [-0.25, -0.2) is 19.7 Å². The highest BCUT2D eigenvalue weighted by Gasteiger charge is 2.19. The van der Waals surface area contributed by atoms with E-state index in [2.05, 4.69) is 48.7 Å². The molecule has 0 amide bonds. The number of anilines is 2. The van der Waals surface area contributed by atoms with Gasteiger partial charge in [0.05, 0.1) is 5.52 Å². The van der Waals surface area contributed by atoms with Crippen molar-refractivity contribution in [3.8, 4) is 0 Å². The quantitative estimate of drug-likeness (QED) is 0.288. The number of hydrogen-bond acceptors (Lipinski definition) is 6. The highest BCUT2D eigenvalue weighted by atomic mass is 79.9. The number of unbranched alkanes of at least 4 members (excludes halogenated alkanes) is 4. The summed E-state index contributed by atoms with van der Waals surface area (Å²) in [7, 11) is 0. The van der Waals surface area contributed by atoms with Gasteiger partial charge in [-0.2, -0.15) is 0 Å². The molecule has 7 nitrogen and oxygen atoms in total. The maximum absolute atomic E-state index is 11.8. The molecule has 3 aromatic rings. The van der Waals surface area contributed by atoms with E-state index < -0.39 is 12.0 Å². The van der Waals surface area contributed by atoms with Crippen molar-refractivity contribution in [1.82, 2.24) is 15.0 Å². The molecule has 0 aliphatic carbocycles. The molecule has 1 aliphatic rings. The minimum atomic E-state index is -0.858. The molecule has 0 radical (unpaired) electrons. The number of carboxylic acids is 1. The van der Waals surface area contributed by atoms with E-state index >= 15 is 0 Å². The summed E-state index contributed by atoms with van der Waals surface area (Å²) >= 11 is 3.49. The molecule has 0 fully saturated rings. The largest absolute Gasteiger partial charge is 0.480 e. The summed E-state index contributed by atoms with van der Waals surface area (Å²) in [6.45, 7) is 1.01. The van der Waals surface area contributed by atoms with Crippen LogP contribution in [0.4, 0.5) is 11.6 Å². The fraction of sp³-hybridized carbons (Fsp3) is 0.440. The number of para-hydroxylation sites is 1. The molecule has 4 rings (SSSR count). The zero-order valence-electron chi connectivity index (χ0n) is 18.7. The molecule has 0 spiro atoms. The maximum atomic E-state index is 11.8. The van der Waals surface area contributed by atoms with Crippen LogP contribution < -0.4 is 10.6 Å². The number of aryl methyl sites for hydroxylation is 2. The van der Waals surface area contributed by atoms with Crippen LogP contribution in [0.3, 0.4) is 0 Å². The van der Waals surface area contributed by atoms with Gasteiger partial charge in [0.25, 0.3) is 0 Å². The van der Waals surface area contributed by atoms with Crippen LogP contribution in [0.1, 0.15) is 56.2 Å². The molecule has 0 saturated carbocycles. The number of hydrogen-bond donors (Lipinski definition) is 3. The topological polar surface area (TPSA) is 100 Å². The van der Waals surface area contributed by atoms with Gasteiger partial charge in [-0.05, 0) is 71.8 Å². The monoisotopic (exact) mass is 511 g/mol. The molecule has 3 N–H and O–H groups in total. The zero-order valence-corrected chi connectivity index (χ0v) is 20.3. The van der Waals surface area contributed by atoms with E-state index in [1.165, 1.54) is 18.3 Å². The Morgan fingerprint density at radius 3 is 2.85 bits per heavy atom. The van der Waals surface area contributed by atoms with Crippen molar-refractivity contribution in [2.45, 2.75) is 63.8 Å². The van der Waals surface area contributed by atoms with Crippen LogP contribution in [0.2, 0.25) is 0 Å². The molecule has 0 bridgehead atoms. The van der Waals surface area contributed by atoms with E-state index in [0.29, 0.717) is 12.2 Å². The Bertz CT molecular complexity index is 1110. The number of nitrogens with one attached hydrogen (secondary N) is 2. The van der Waals surface area contributed by atoms with Gasteiger partial charge in [0.15, 0.2) is 0 Å². The predicted octanol–water partition coefficient (Wildman–Crippen LogP) is 5.59. The van der Waals surface area contributed by atoms with Crippen LogP contribution in [0.15, 0.2) is 41.1 Å². The van der Waals surface area contributed by atoms with Crippen LogP contribution in [0, 0.1) is 0 Å². The van der Waals surface area contributed by atoms with Gasteiger partial charge in [0, 0.05) is 22.1 Å². The standard InChI is InChI=1S/C25H30BrN5O2/c26-20-11-6-10-19-22(20)28-16-29-24(19)31-21(25(32)33)12-5-3-1-2-4-9-18-14-13-17-8-7-15-27-23(17)30-18/h6,10-11,13-14,16,21H,1-5,7-9,12,15H2,(H,27,30)(H,32,33)(H,28,29,31). The fourth-order valence-electron chi connectivity index (χ4n) is 4.28. The van der Waals surface area contributed by atoms with Gasteiger partial charge in [-0.3, -0.25) is 0 Å². The molecule has 2 aromatic heterocycles. The molecule has 1 aliphatic heterocycles. The Morgan fingerprint density at radius 2 is 1.97 bits per heavy atom. The number of pyridine rings is 1. The second kappa shape index (κ2) is 11.4. The minimum absolute atomic E-state index is 0.556. The number of aromatic nitrogens is 3. The van der Waals surface area contributed by atoms with E-state index in [0.717, 1.165) is 78.4 Å². The number of carbonyl (C=O) groups is 1. The second-order valence-electron chi connectivity index (χ2n) is 8.54. The van der Waals surface area contributed by atoms with E-state index in [9.17, 15) is 9.90 Å². The average Bonchev–Trinajstić information content (AvgIpc) is 2.83. The van der Waals surface area contributed by atoms with Gasteiger partial charge in [0.1, 0.15) is 24.0 Å². The molecule has 33 heavy (non-hydrogen) atoms. The summed E-state index contributed by atoms with van der Waals surface area (Å²) in [5.41, 5.74) is 3.25. The van der Waals surface area contributed by atoms with Crippen LogP contribution in [0.25, 0.3) is 10.9 Å². The molecule has 1 atom stereocenters. The number of nitrogens with zero attached hydrogens (tertiary/aromatic N) is 3. The molecule has 1 unspecified atom stereocenters. The zero-order chi connectivity index (χ0) is 23.0. The summed E-state index contributed by atoms with van der Waals surface area (Å²) in [4.78, 5) is 25.1. The fourth-order valence-corrected chi connectivity index (χ4v) is 4.75. The van der Waals surface area contributed by atoms with E-state index in [1.54, 1.807) is 0 Å². The minimum Gasteiger partial charge on any atom is -0.480 e. The first-order valence-corrected chi connectivity index (χ1v) is 12.5. The second-order valence-corrected chi connectivity index (χ2v) is 9.39. The van der Waals surface area contributed by atoms with Gasteiger partial charge in [0.2, 0.25) is 0 Å². The van der Waals surface area contributed by atoms with Crippen molar-refractivity contribution >= 4 is 44.4 Å². The molecule has 0 saturated heterocycles. The average molecular weight is 512 g/mol. The predicted molar refractivity (Wildman–Crippen MR) is 135 cm³/mol. The number of aliphatic carboxylic acids is 1. The van der Waals surface area contributed by atoms with Gasteiger partial charge in [-0.15, -0.1) is 0 Å². The van der Waals surface area contributed by atoms with Crippen molar-refractivity contribution in [2.75, 3.05) is 17.2 Å². The third-order valence-electron chi connectivity index (χ3n) is 6.10. The number of rotatable bonds is 11. The smallest absolute Gasteiger partial charge is 0.326 e. The lowest BCUT2D eigenvalue weighted by molar-refractivity contribution is -0.138. The van der Waals surface area contributed by atoms with Crippen molar-refractivity contribution in [3.63, 3.8) is 0 Å². The number of halogens is 1. The van der Waals surface area contributed by atoms with E-state index in [1.807, 2.05) is 18.2 Å². The molecular weight excluding hydrogens is 482 g/mol. The summed E-state index contributed by atoms with van der Waals surface area (Å²) in [6.07, 6.45) is 10.5. The van der Waals surface area contributed by atoms with Crippen molar-refractivity contribution in [3.05, 3.63) is 52.4 Å². The number of benzene rings is 1. The summed E-state index contributed by atoms with van der Waals surface area (Å²) < 4.78 is 0.860. The van der Waals surface area contributed by atoms with Crippen LogP contribution >= 0.6 is 15.9 Å². The van der Waals surface area contributed by atoms with Crippen molar-refractivity contribution < 1.29 is 9.90 Å². The van der Waals surface area contributed by atoms with Crippen LogP contribution in [-0.2, 0) is 17.6 Å². The Hall–Kier alpha value is -2.74. The Morgan fingerprint density at radius 1 is 1.12 bits per heavy atom. The first-order chi connectivity index (χ1) is 16.1. The van der Waals surface area contributed by atoms with Gasteiger partial charge in [-0.1, -0.05) is 37.8 Å². The van der Waals surface area contributed by atoms with E-state index in [4.69, 9.17) is 4.98 Å². The van der Waals surface area contributed by atoms with Crippen molar-refractivity contribution in [2.24, 2.45) is 0 Å². The Kier molecular flexibility index (Phi) is 8.10. The SMILES string of the molecule is O=C(O)C(CCCCCCCc1ccc2c(n1)NCCC2)Nc1ncnc2c(Br)cccc12. The lowest BCUT2D eigenvalue weighted by atomic mass is 10.0. The van der Waals surface area contributed by atoms with Gasteiger partial charge >= 0.3 is 5.97 Å². The van der Waals surface area contributed by atoms with Crippen LogP contribution in [-0.4, -0.2) is 38.6 Å². The normalized spacial score (nSPS) is 13.8. The third kappa shape index (κ3) is 6.19. The molecule has 8 heteroatoms. The molecule has 1 aromatic carbocycles.